The second-order valence-electron chi connectivity index (χ2n) is 4.18. The molecule has 0 saturated heterocycles. The molecule has 1 rings (SSSR count). The zero-order valence-corrected chi connectivity index (χ0v) is 11.2. The molecule has 0 aliphatic heterocycles. The van der Waals surface area contributed by atoms with E-state index in [-0.39, 0.29) is 19.0 Å². The summed E-state index contributed by atoms with van der Waals surface area (Å²) in [7, 11) is -4.41. The van der Waals surface area contributed by atoms with Crippen LogP contribution in [0.1, 0.15) is 18.9 Å². The molecule has 0 heterocycles. The average molecular weight is 315 g/mol. The Hall–Kier alpha value is -1.19. The lowest BCUT2D eigenvalue weighted by molar-refractivity contribution is -0.137. The van der Waals surface area contributed by atoms with Crippen molar-refractivity contribution in [3.05, 3.63) is 29.6 Å². The predicted molar refractivity (Wildman–Crippen MR) is 62.9 cm³/mol. The molecule has 0 fully saturated rings. The molecule has 0 aromatic heterocycles. The van der Waals surface area contributed by atoms with Crippen molar-refractivity contribution in [3.63, 3.8) is 0 Å². The quantitative estimate of drug-likeness (QED) is 0.816. The summed E-state index contributed by atoms with van der Waals surface area (Å²) in [6, 6.07) is 1.15. The lowest BCUT2D eigenvalue weighted by atomic mass is 10.2. The molecule has 0 spiro atoms. The first kappa shape index (κ1) is 16.9. The molecular weight excluding hydrogens is 302 g/mol. The molecule has 1 aromatic rings. The van der Waals surface area contributed by atoms with E-state index in [0.717, 1.165) is 0 Å². The third-order valence-electron chi connectivity index (χ3n) is 2.40. The molecule has 0 aliphatic carbocycles. The number of alkyl halides is 3. The Balaban J connectivity index is 3.05. The summed E-state index contributed by atoms with van der Waals surface area (Å²) >= 11 is 0. The van der Waals surface area contributed by atoms with E-state index in [4.69, 9.17) is 5.11 Å². The van der Waals surface area contributed by atoms with Gasteiger partial charge in [-0.25, -0.2) is 17.5 Å². The van der Waals surface area contributed by atoms with Crippen LogP contribution < -0.4 is 4.72 Å². The van der Waals surface area contributed by atoms with E-state index in [1.165, 1.54) is 6.92 Å². The number of nitrogens with one attached hydrogen (secondary N) is 1. The number of rotatable bonds is 5. The second kappa shape index (κ2) is 6.06. The van der Waals surface area contributed by atoms with Crippen molar-refractivity contribution in [1.29, 1.82) is 0 Å². The van der Waals surface area contributed by atoms with Crippen molar-refractivity contribution in [2.45, 2.75) is 30.5 Å². The fourth-order valence-electron chi connectivity index (χ4n) is 1.37. The summed E-state index contributed by atoms with van der Waals surface area (Å²) in [6.45, 7) is 1.20. The zero-order chi connectivity index (χ0) is 15.6. The van der Waals surface area contributed by atoms with Crippen LogP contribution in [-0.2, 0) is 16.2 Å². The SMILES string of the molecule is CC(O)CCNS(=O)(=O)c1cc(C(F)(F)F)ccc1F. The standard InChI is InChI=1S/C11H13F4NO3S/c1-7(17)4-5-16-20(18,19)10-6-8(11(13,14)15)2-3-9(10)12/h2-3,6-7,16-17H,4-5H2,1H3. The van der Waals surface area contributed by atoms with Gasteiger partial charge in [-0.05, 0) is 31.5 Å². The van der Waals surface area contributed by atoms with Crippen molar-refractivity contribution in [1.82, 2.24) is 4.72 Å². The number of halogens is 4. The van der Waals surface area contributed by atoms with Crippen LogP contribution in [0, 0.1) is 5.82 Å². The van der Waals surface area contributed by atoms with Gasteiger partial charge in [-0.15, -0.1) is 0 Å². The Morgan fingerprint density at radius 2 is 1.95 bits per heavy atom. The summed E-state index contributed by atoms with van der Waals surface area (Å²) < 4.78 is 76.2. The van der Waals surface area contributed by atoms with E-state index in [9.17, 15) is 26.0 Å². The molecule has 1 atom stereocenters. The maximum atomic E-state index is 13.4. The lowest BCUT2D eigenvalue weighted by Gasteiger charge is -2.11. The highest BCUT2D eigenvalue weighted by molar-refractivity contribution is 7.89. The molecule has 20 heavy (non-hydrogen) atoms. The molecule has 1 aromatic carbocycles. The van der Waals surface area contributed by atoms with Gasteiger partial charge in [0.1, 0.15) is 10.7 Å². The van der Waals surface area contributed by atoms with E-state index in [0.29, 0.717) is 12.1 Å². The van der Waals surface area contributed by atoms with E-state index < -0.39 is 38.6 Å². The molecule has 0 radical (unpaired) electrons. The minimum atomic E-state index is -4.77. The molecule has 0 saturated carbocycles. The third kappa shape index (κ3) is 4.43. The van der Waals surface area contributed by atoms with Gasteiger partial charge in [0.2, 0.25) is 10.0 Å². The molecule has 2 N–H and O–H groups in total. The highest BCUT2D eigenvalue weighted by atomic mass is 32.2. The Labute approximate surface area is 113 Å². The number of hydrogen-bond acceptors (Lipinski definition) is 3. The number of hydrogen-bond donors (Lipinski definition) is 2. The van der Waals surface area contributed by atoms with Crippen molar-refractivity contribution in [3.8, 4) is 0 Å². The molecule has 1 unspecified atom stereocenters. The van der Waals surface area contributed by atoms with Crippen molar-refractivity contribution >= 4 is 10.0 Å². The summed E-state index contributed by atoms with van der Waals surface area (Å²) in [5, 5.41) is 8.97. The topological polar surface area (TPSA) is 66.4 Å². The highest BCUT2D eigenvalue weighted by Gasteiger charge is 2.33. The number of sulfonamides is 1. The number of benzene rings is 1. The van der Waals surface area contributed by atoms with Gasteiger partial charge in [0.25, 0.3) is 0 Å². The minimum Gasteiger partial charge on any atom is -0.393 e. The van der Waals surface area contributed by atoms with Crippen molar-refractivity contribution in [2.24, 2.45) is 0 Å². The molecule has 9 heteroatoms. The average Bonchev–Trinajstić information content (AvgIpc) is 2.26. The Bertz CT molecular complexity index is 570. The molecule has 0 bridgehead atoms. The number of aliphatic hydroxyl groups excluding tert-OH is 1. The Morgan fingerprint density at radius 3 is 2.45 bits per heavy atom. The largest absolute Gasteiger partial charge is 0.416 e. The van der Waals surface area contributed by atoms with Crippen LogP contribution >= 0.6 is 0 Å². The summed E-state index contributed by atoms with van der Waals surface area (Å²) in [4.78, 5) is -1.07. The summed E-state index contributed by atoms with van der Waals surface area (Å²) in [5.74, 6) is -1.28. The highest BCUT2D eigenvalue weighted by Crippen LogP contribution is 2.31. The molecule has 0 aliphatic rings. The van der Waals surface area contributed by atoms with Crippen LogP contribution in [0.5, 0.6) is 0 Å². The molecule has 0 amide bonds. The van der Waals surface area contributed by atoms with E-state index in [2.05, 4.69) is 0 Å². The van der Waals surface area contributed by atoms with Crippen LogP contribution in [0.25, 0.3) is 0 Å². The third-order valence-corrected chi connectivity index (χ3v) is 3.88. The maximum Gasteiger partial charge on any atom is 0.416 e. The lowest BCUT2D eigenvalue weighted by Crippen LogP contribution is -2.27. The zero-order valence-electron chi connectivity index (χ0n) is 10.4. The van der Waals surface area contributed by atoms with Gasteiger partial charge >= 0.3 is 6.18 Å². The normalized spacial score (nSPS) is 14.3. The van der Waals surface area contributed by atoms with Crippen molar-refractivity contribution < 1.29 is 31.1 Å². The molecular formula is C11H13F4NO3S. The monoisotopic (exact) mass is 315 g/mol. The minimum absolute atomic E-state index is 0.0554. The molecule has 114 valence electrons. The van der Waals surface area contributed by atoms with Crippen LogP contribution in [0.2, 0.25) is 0 Å². The Morgan fingerprint density at radius 1 is 1.35 bits per heavy atom. The first-order valence-electron chi connectivity index (χ1n) is 5.58. The molecule has 4 nitrogen and oxygen atoms in total. The van der Waals surface area contributed by atoms with Crippen LogP contribution in [0.15, 0.2) is 23.1 Å². The summed E-state index contributed by atoms with van der Waals surface area (Å²) in [6.07, 6.45) is -5.50. The van der Waals surface area contributed by atoms with Crippen molar-refractivity contribution in [2.75, 3.05) is 6.54 Å². The van der Waals surface area contributed by atoms with Gasteiger partial charge in [-0.2, -0.15) is 13.2 Å². The van der Waals surface area contributed by atoms with E-state index in [1.54, 1.807) is 0 Å². The van der Waals surface area contributed by atoms with Gasteiger partial charge in [-0.1, -0.05) is 0 Å². The Kier molecular flexibility index (Phi) is 5.11. The predicted octanol–water partition coefficient (Wildman–Crippen LogP) is 1.89. The van der Waals surface area contributed by atoms with Gasteiger partial charge < -0.3 is 5.11 Å². The van der Waals surface area contributed by atoms with E-state index in [1.807, 2.05) is 4.72 Å². The second-order valence-corrected chi connectivity index (χ2v) is 5.91. The smallest absolute Gasteiger partial charge is 0.393 e. The van der Waals surface area contributed by atoms with Gasteiger partial charge in [0.15, 0.2) is 0 Å². The van der Waals surface area contributed by atoms with Gasteiger partial charge in [0, 0.05) is 6.54 Å². The fraction of sp³-hybridized carbons (Fsp3) is 0.455. The van der Waals surface area contributed by atoms with Crippen LogP contribution in [0.4, 0.5) is 17.6 Å². The summed E-state index contributed by atoms with van der Waals surface area (Å²) in [5.41, 5.74) is -1.25. The maximum absolute atomic E-state index is 13.4. The van der Waals surface area contributed by atoms with Crippen LogP contribution in [0.3, 0.4) is 0 Å². The first-order valence-corrected chi connectivity index (χ1v) is 7.07. The van der Waals surface area contributed by atoms with Gasteiger partial charge in [-0.3, -0.25) is 0 Å². The van der Waals surface area contributed by atoms with Crippen LogP contribution in [-0.4, -0.2) is 26.2 Å². The number of aliphatic hydroxyl groups is 1. The van der Waals surface area contributed by atoms with E-state index >= 15 is 0 Å². The fourth-order valence-corrected chi connectivity index (χ4v) is 2.51. The van der Waals surface area contributed by atoms with Gasteiger partial charge in [0.05, 0.1) is 11.7 Å². The first-order chi connectivity index (χ1) is 9.04.